The second-order valence-corrected chi connectivity index (χ2v) is 6.11. The van der Waals surface area contributed by atoms with Crippen molar-refractivity contribution in [1.82, 2.24) is 10.2 Å². The van der Waals surface area contributed by atoms with Gasteiger partial charge in [-0.25, -0.2) is 0 Å². The Morgan fingerprint density at radius 3 is 2.69 bits per heavy atom. The summed E-state index contributed by atoms with van der Waals surface area (Å²) >= 11 is 0. The third-order valence-corrected chi connectivity index (χ3v) is 4.61. The Labute approximate surface area is 101 Å². The zero-order valence-corrected chi connectivity index (χ0v) is 11.2. The summed E-state index contributed by atoms with van der Waals surface area (Å²) in [6, 6.07) is 1.56. The highest BCUT2D eigenvalue weighted by Gasteiger charge is 2.30. The number of nitrogens with zero attached hydrogens (tertiary/aromatic N) is 1. The number of rotatable bonds is 3. The molecule has 1 N–H and O–H groups in total. The zero-order valence-electron chi connectivity index (χ0n) is 11.2. The predicted octanol–water partition coefficient (Wildman–Crippen LogP) is 2.49. The second-order valence-electron chi connectivity index (χ2n) is 6.11. The van der Waals surface area contributed by atoms with E-state index >= 15 is 0 Å². The van der Waals surface area contributed by atoms with Gasteiger partial charge in [-0.1, -0.05) is 20.3 Å². The molecule has 2 nitrogen and oxygen atoms in total. The van der Waals surface area contributed by atoms with Gasteiger partial charge in [-0.05, 0) is 51.1 Å². The monoisotopic (exact) mass is 224 g/mol. The molecule has 2 rings (SSSR count). The lowest BCUT2D eigenvalue weighted by atomic mass is 9.77. The molecule has 4 unspecified atom stereocenters. The summed E-state index contributed by atoms with van der Waals surface area (Å²) in [4.78, 5) is 2.45. The van der Waals surface area contributed by atoms with Gasteiger partial charge in [-0.3, -0.25) is 0 Å². The Bertz CT molecular complexity index is 217. The summed E-state index contributed by atoms with van der Waals surface area (Å²) in [6.45, 7) is 7.31. The van der Waals surface area contributed by atoms with E-state index in [1.54, 1.807) is 0 Å². The van der Waals surface area contributed by atoms with Crippen molar-refractivity contribution in [3.05, 3.63) is 0 Å². The molecule has 1 saturated carbocycles. The first-order chi connectivity index (χ1) is 7.69. The van der Waals surface area contributed by atoms with E-state index in [4.69, 9.17) is 0 Å². The molecule has 4 atom stereocenters. The fourth-order valence-corrected chi connectivity index (χ4v) is 3.54. The standard InChI is InChI=1S/C14H28N2/c1-4-12-9-11(2)5-6-14(12)15-13-7-8-16(3)10-13/h11-15H,4-10H2,1-3H3. The molecule has 2 fully saturated rings. The van der Waals surface area contributed by atoms with Crippen molar-refractivity contribution in [2.45, 2.75) is 58.0 Å². The number of likely N-dealkylation sites (N-methyl/N-ethyl adjacent to an activating group) is 1. The van der Waals surface area contributed by atoms with Crippen LogP contribution in [0.4, 0.5) is 0 Å². The third kappa shape index (κ3) is 2.98. The quantitative estimate of drug-likeness (QED) is 0.792. The van der Waals surface area contributed by atoms with Gasteiger partial charge in [0.1, 0.15) is 0 Å². The Morgan fingerprint density at radius 2 is 2.06 bits per heavy atom. The Hall–Kier alpha value is -0.0800. The first-order valence-corrected chi connectivity index (χ1v) is 7.13. The normalized spacial score (nSPS) is 41.4. The van der Waals surface area contributed by atoms with Crippen LogP contribution >= 0.6 is 0 Å². The number of hydrogen-bond acceptors (Lipinski definition) is 2. The largest absolute Gasteiger partial charge is 0.310 e. The molecule has 0 spiro atoms. The summed E-state index contributed by atoms with van der Waals surface area (Å²) in [5.41, 5.74) is 0. The maximum atomic E-state index is 3.93. The van der Waals surface area contributed by atoms with Crippen LogP contribution in [0.5, 0.6) is 0 Å². The number of nitrogens with one attached hydrogen (secondary N) is 1. The molecule has 94 valence electrons. The van der Waals surface area contributed by atoms with Crippen molar-refractivity contribution in [3.63, 3.8) is 0 Å². The van der Waals surface area contributed by atoms with E-state index in [1.807, 2.05) is 0 Å². The smallest absolute Gasteiger partial charge is 0.0209 e. The number of hydrogen-bond donors (Lipinski definition) is 1. The van der Waals surface area contributed by atoms with Crippen LogP contribution in [0.3, 0.4) is 0 Å². The van der Waals surface area contributed by atoms with Crippen molar-refractivity contribution >= 4 is 0 Å². The van der Waals surface area contributed by atoms with E-state index in [2.05, 4.69) is 31.1 Å². The lowest BCUT2D eigenvalue weighted by molar-refractivity contribution is 0.194. The van der Waals surface area contributed by atoms with E-state index in [0.29, 0.717) is 0 Å². The SMILES string of the molecule is CCC1CC(C)CCC1NC1CCN(C)C1. The van der Waals surface area contributed by atoms with Crippen LogP contribution in [0.25, 0.3) is 0 Å². The van der Waals surface area contributed by atoms with E-state index in [-0.39, 0.29) is 0 Å². The molecule has 0 aromatic carbocycles. The van der Waals surface area contributed by atoms with E-state index < -0.39 is 0 Å². The molecule has 0 amide bonds. The van der Waals surface area contributed by atoms with E-state index in [1.165, 1.54) is 45.2 Å². The van der Waals surface area contributed by atoms with Gasteiger partial charge in [0.05, 0.1) is 0 Å². The van der Waals surface area contributed by atoms with Crippen LogP contribution in [0.1, 0.15) is 46.0 Å². The molecule has 2 heteroatoms. The van der Waals surface area contributed by atoms with Crippen molar-refractivity contribution in [1.29, 1.82) is 0 Å². The van der Waals surface area contributed by atoms with Gasteiger partial charge in [0.15, 0.2) is 0 Å². The first-order valence-electron chi connectivity index (χ1n) is 7.13. The van der Waals surface area contributed by atoms with Crippen LogP contribution in [0, 0.1) is 11.8 Å². The highest BCUT2D eigenvalue weighted by molar-refractivity contribution is 4.88. The average molecular weight is 224 g/mol. The highest BCUT2D eigenvalue weighted by atomic mass is 15.2. The van der Waals surface area contributed by atoms with Crippen molar-refractivity contribution in [3.8, 4) is 0 Å². The molecule has 1 saturated heterocycles. The maximum Gasteiger partial charge on any atom is 0.0209 e. The van der Waals surface area contributed by atoms with Crippen molar-refractivity contribution in [2.75, 3.05) is 20.1 Å². The second kappa shape index (κ2) is 5.50. The maximum absolute atomic E-state index is 3.93. The summed E-state index contributed by atoms with van der Waals surface area (Å²) < 4.78 is 0. The van der Waals surface area contributed by atoms with Gasteiger partial charge in [0.25, 0.3) is 0 Å². The van der Waals surface area contributed by atoms with Crippen LogP contribution in [-0.2, 0) is 0 Å². The molecule has 1 aliphatic heterocycles. The van der Waals surface area contributed by atoms with Gasteiger partial charge in [0, 0.05) is 18.6 Å². The third-order valence-electron chi connectivity index (χ3n) is 4.61. The van der Waals surface area contributed by atoms with Crippen LogP contribution in [0.15, 0.2) is 0 Å². The van der Waals surface area contributed by atoms with Crippen LogP contribution in [-0.4, -0.2) is 37.1 Å². The molecule has 1 heterocycles. The Morgan fingerprint density at radius 1 is 1.25 bits per heavy atom. The molecule has 1 aliphatic carbocycles. The minimum atomic E-state index is 0.762. The van der Waals surface area contributed by atoms with Gasteiger partial charge in [-0.2, -0.15) is 0 Å². The molecular formula is C14H28N2. The van der Waals surface area contributed by atoms with Gasteiger partial charge < -0.3 is 10.2 Å². The average Bonchev–Trinajstić information content (AvgIpc) is 2.67. The van der Waals surface area contributed by atoms with Gasteiger partial charge in [-0.15, -0.1) is 0 Å². The summed E-state index contributed by atoms with van der Waals surface area (Å²) in [5.74, 6) is 1.88. The Kier molecular flexibility index (Phi) is 4.26. The van der Waals surface area contributed by atoms with Crippen molar-refractivity contribution < 1.29 is 0 Å². The zero-order chi connectivity index (χ0) is 11.5. The first kappa shape index (κ1) is 12.4. The molecule has 0 aromatic rings. The summed E-state index contributed by atoms with van der Waals surface area (Å²) in [5, 5.41) is 3.93. The Balaban J connectivity index is 1.83. The summed E-state index contributed by atoms with van der Waals surface area (Å²) in [7, 11) is 2.24. The lowest BCUT2D eigenvalue weighted by Gasteiger charge is -2.36. The summed E-state index contributed by atoms with van der Waals surface area (Å²) in [6.07, 6.45) is 6.97. The molecule has 0 bridgehead atoms. The fourth-order valence-electron chi connectivity index (χ4n) is 3.54. The lowest BCUT2D eigenvalue weighted by Crippen LogP contribution is -2.46. The predicted molar refractivity (Wildman–Crippen MR) is 69.6 cm³/mol. The topological polar surface area (TPSA) is 15.3 Å². The van der Waals surface area contributed by atoms with Crippen LogP contribution < -0.4 is 5.32 Å². The molecule has 0 radical (unpaired) electrons. The van der Waals surface area contributed by atoms with Crippen molar-refractivity contribution in [2.24, 2.45) is 11.8 Å². The number of likely N-dealkylation sites (tertiary alicyclic amines) is 1. The molecular weight excluding hydrogens is 196 g/mol. The minimum Gasteiger partial charge on any atom is -0.310 e. The van der Waals surface area contributed by atoms with E-state index in [9.17, 15) is 0 Å². The molecule has 0 aromatic heterocycles. The minimum absolute atomic E-state index is 0.762. The van der Waals surface area contributed by atoms with Crippen LogP contribution in [0.2, 0.25) is 0 Å². The highest BCUT2D eigenvalue weighted by Crippen LogP contribution is 2.31. The van der Waals surface area contributed by atoms with Gasteiger partial charge in [0.2, 0.25) is 0 Å². The molecule has 2 aliphatic rings. The fraction of sp³-hybridized carbons (Fsp3) is 1.00. The van der Waals surface area contributed by atoms with Gasteiger partial charge >= 0.3 is 0 Å². The van der Waals surface area contributed by atoms with E-state index in [0.717, 1.165) is 23.9 Å². The molecule has 16 heavy (non-hydrogen) atoms.